The molecule has 0 bridgehead atoms. The number of hydrogen-bond acceptors (Lipinski definition) is 6. The molecule has 4 aromatic rings. The van der Waals surface area contributed by atoms with Gasteiger partial charge in [0.05, 0.1) is 10.9 Å². The van der Waals surface area contributed by atoms with Gasteiger partial charge in [-0.15, -0.1) is 11.3 Å². The van der Waals surface area contributed by atoms with Crippen LogP contribution in [-0.4, -0.2) is 20.9 Å². The van der Waals surface area contributed by atoms with Crippen molar-refractivity contribution in [3.05, 3.63) is 64.8 Å². The van der Waals surface area contributed by atoms with Crippen molar-refractivity contribution in [2.24, 2.45) is 11.7 Å². The van der Waals surface area contributed by atoms with E-state index in [0.29, 0.717) is 28.9 Å². The molecule has 6 nitrogen and oxygen atoms in total. The average molecular weight is 417 g/mol. The quantitative estimate of drug-likeness (QED) is 0.517. The number of primary amides is 1. The summed E-state index contributed by atoms with van der Waals surface area (Å²) >= 11 is 1.70. The number of carbonyl (C=O) groups excluding carboxylic acids is 1. The third kappa shape index (κ3) is 3.31. The van der Waals surface area contributed by atoms with Crippen LogP contribution in [0.25, 0.3) is 21.6 Å². The summed E-state index contributed by atoms with van der Waals surface area (Å²) in [6.45, 7) is 2.28. The molecule has 7 heteroatoms. The number of aromatic nitrogens is 3. The highest BCUT2D eigenvalue weighted by Crippen LogP contribution is 2.43. The molecule has 2 N–H and O–H groups in total. The Morgan fingerprint density at radius 2 is 2.07 bits per heavy atom. The molecule has 0 aliphatic heterocycles. The summed E-state index contributed by atoms with van der Waals surface area (Å²) in [5.74, 6) is 1.51. The van der Waals surface area contributed by atoms with E-state index < -0.39 is 5.91 Å². The summed E-state index contributed by atoms with van der Waals surface area (Å²) in [4.78, 5) is 27.9. The first-order valence-electron chi connectivity index (χ1n) is 9.89. The molecule has 3 heterocycles. The number of carbonyl (C=O) groups is 1. The Hall–Kier alpha value is -3.32. The lowest BCUT2D eigenvalue weighted by Gasteiger charge is -2.18. The Balaban J connectivity index is 1.71. The molecule has 30 heavy (non-hydrogen) atoms. The summed E-state index contributed by atoms with van der Waals surface area (Å²) in [7, 11) is 0. The Morgan fingerprint density at radius 1 is 1.20 bits per heavy atom. The maximum atomic E-state index is 11.9. The molecular formula is C23H20N4O2S. The molecule has 0 spiro atoms. The number of hydrogen-bond donors (Lipinski definition) is 1. The zero-order valence-electron chi connectivity index (χ0n) is 16.5. The second-order valence-electron chi connectivity index (χ2n) is 7.59. The topological polar surface area (TPSA) is 91.0 Å². The highest BCUT2D eigenvalue weighted by Gasteiger charge is 2.25. The van der Waals surface area contributed by atoms with Gasteiger partial charge in [-0.1, -0.05) is 19.1 Å². The molecule has 1 atom stereocenters. The van der Waals surface area contributed by atoms with Crippen LogP contribution in [0.15, 0.2) is 48.8 Å². The lowest BCUT2D eigenvalue weighted by Crippen LogP contribution is -2.12. The number of thiophene rings is 1. The van der Waals surface area contributed by atoms with Crippen molar-refractivity contribution >= 4 is 27.5 Å². The highest BCUT2D eigenvalue weighted by molar-refractivity contribution is 7.18. The molecule has 3 aromatic heterocycles. The van der Waals surface area contributed by atoms with Gasteiger partial charge in [0.1, 0.15) is 10.6 Å². The van der Waals surface area contributed by atoms with Crippen LogP contribution in [0, 0.1) is 5.92 Å². The molecule has 0 saturated carbocycles. The molecule has 0 saturated heterocycles. The number of fused-ring (bicyclic) bond motifs is 3. The second kappa shape index (κ2) is 7.50. The predicted octanol–water partition coefficient (Wildman–Crippen LogP) is 4.77. The number of ether oxygens (including phenoxy) is 1. The zero-order chi connectivity index (χ0) is 20.7. The fourth-order valence-corrected chi connectivity index (χ4v) is 5.24. The van der Waals surface area contributed by atoms with Crippen LogP contribution in [0.3, 0.4) is 0 Å². The van der Waals surface area contributed by atoms with Gasteiger partial charge in [-0.2, -0.15) is 4.98 Å². The third-order valence-electron chi connectivity index (χ3n) is 5.40. The largest absolute Gasteiger partial charge is 0.437 e. The maximum Gasteiger partial charge on any atom is 0.252 e. The fraction of sp³-hybridized carbons (Fsp3) is 0.217. The Labute approximate surface area is 177 Å². The number of nitrogens with zero attached hydrogens (tertiary/aromatic N) is 3. The minimum Gasteiger partial charge on any atom is -0.437 e. The molecule has 1 aliphatic rings. The first-order valence-corrected chi connectivity index (χ1v) is 10.7. The highest BCUT2D eigenvalue weighted by atomic mass is 32.1. The first kappa shape index (κ1) is 18.7. The SMILES string of the molecule is C[C@H]1CCc2c(sc3nc(-c4cccnc4)nc(Oc4ccccc4C(N)=O)c23)C1. The van der Waals surface area contributed by atoms with Crippen LogP contribution in [0.4, 0.5) is 0 Å². The summed E-state index contributed by atoms with van der Waals surface area (Å²) < 4.78 is 6.23. The van der Waals surface area contributed by atoms with Crippen molar-refractivity contribution in [3.8, 4) is 23.0 Å². The molecule has 1 amide bonds. The van der Waals surface area contributed by atoms with Crippen LogP contribution >= 0.6 is 11.3 Å². The standard InChI is InChI=1S/C23H20N4O2S/c1-13-8-9-16-18(11-13)30-23-19(16)22(26-21(27-23)14-5-4-10-25-12-14)29-17-7-3-2-6-15(17)20(24)28/h2-7,10,12-13H,8-9,11H2,1H3,(H2,24,28)/t13-/m0/s1. The van der Waals surface area contributed by atoms with Gasteiger partial charge in [-0.05, 0) is 55.0 Å². The van der Waals surface area contributed by atoms with E-state index in [-0.39, 0.29) is 0 Å². The van der Waals surface area contributed by atoms with Gasteiger partial charge in [-0.3, -0.25) is 9.78 Å². The van der Waals surface area contributed by atoms with E-state index in [4.69, 9.17) is 20.4 Å². The van der Waals surface area contributed by atoms with E-state index in [9.17, 15) is 4.79 Å². The average Bonchev–Trinajstić information content (AvgIpc) is 3.12. The maximum absolute atomic E-state index is 11.9. The van der Waals surface area contributed by atoms with Crippen molar-refractivity contribution in [1.29, 1.82) is 0 Å². The summed E-state index contributed by atoms with van der Waals surface area (Å²) in [5.41, 5.74) is 7.95. The predicted molar refractivity (Wildman–Crippen MR) is 117 cm³/mol. The first-order chi connectivity index (χ1) is 14.6. The smallest absolute Gasteiger partial charge is 0.252 e. The number of para-hydroxylation sites is 1. The van der Waals surface area contributed by atoms with E-state index in [2.05, 4.69) is 11.9 Å². The van der Waals surface area contributed by atoms with Crippen LogP contribution in [0.1, 0.15) is 34.1 Å². The molecule has 1 aliphatic carbocycles. The van der Waals surface area contributed by atoms with Crippen molar-refractivity contribution in [3.63, 3.8) is 0 Å². The number of amides is 1. The molecule has 0 fully saturated rings. The molecule has 5 rings (SSSR count). The van der Waals surface area contributed by atoms with Gasteiger partial charge < -0.3 is 10.5 Å². The Morgan fingerprint density at radius 3 is 2.87 bits per heavy atom. The Kier molecular flexibility index (Phi) is 4.67. The van der Waals surface area contributed by atoms with Gasteiger partial charge in [-0.25, -0.2) is 4.98 Å². The zero-order valence-corrected chi connectivity index (χ0v) is 17.3. The summed E-state index contributed by atoms with van der Waals surface area (Å²) in [6.07, 6.45) is 6.59. The van der Waals surface area contributed by atoms with E-state index in [1.165, 1.54) is 10.4 Å². The van der Waals surface area contributed by atoms with Gasteiger partial charge in [0.2, 0.25) is 5.88 Å². The third-order valence-corrected chi connectivity index (χ3v) is 6.55. The van der Waals surface area contributed by atoms with Crippen molar-refractivity contribution in [2.75, 3.05) is 0 Å². The van der Waals surface area contributed by atoms with Crippen molar-refractivity contribution < 1.29 is 9.53 Å². The van der Waals surface area contributed by atoms with E-state index >= 15 is 0 Å². The number of benzene rings is 1. The molecule has 0 unspecified atom stereocenters. The van der Waals surface area contributed by atoms with E-state index in [1.54, 1.807) is 41.9 Å². The van der Waals surface area contributed by atoms with Crippen LogP contribution in [0.5, 0.6) is 11.6 Å². The minimum atomic E-state index is -0.537. The van der Waals surface area contributed by atoms with Gasteiger partial charge in [0, 0.05) is 22.8 Å². The lowest BCUT2D eigenvalue weighted by atomic mass is 9.89. The van der Waals surface area contributed by atoms with Gasteiger partial charge in [0.15, 0.2) is 5.82 Å². The monoisotopic (exact) mass is 416 g/mol. The van der Waals surface area contributed by atoms with Gasteiger partial charge in [0.25, 0.3) is 5.91 Å². The number of pyridine rings is 1. The van der Waals surface area contributed by atoms with Crippen molar-refractivity contribution in [1.82, 2.24) is 15.0 Å². The number of rotatable bonds is 4. The summed E-state index contributed by atoms with van der Waals surface area (Å²) in [5, 5.41) is 0.939. The fourth-order valence-electron chi connectivity index (χ4n) is 3.87. The molecule has 1 aromatic carbocycles. The normalized spacial score (nSPS) is 15.7. The number of nitrogens with two attached hydrogens (primary N) is 1. The van der Waals surface area contributed by atoms with E-state index in [0.717, 1.165) is 35.0 Å². The molecule has 0 radical (unpaired) electrons. The Bertz CT molecular complexity index is 1250. The molecular weight excluding hydrogens is 396 g/mol. The summed E-state index contributed by atoms with van der Waals surface area (Å²) in [6, 6.07) is 10.7. The van der Waals surface area contributed by atoms with Gasteiger partial charge >= 0.3 is 0 Å². The number of aryl methyl sites for hydroxylation is 1. The van der Waals surface area contributed by atoms with Crippen molar-refractivity contribution in [2.45, 2.75) is 26.2 Å². The minimum absolute atomic E-state index is 0.324. The lowest BCUT2D eigenvalue weighted by molar-refractivity contribution is 0.0998. The van der Waals surface area contributed by atoms with Crippen LogP contribution < -0.4 is 10.5 Å². The van der Waals surface area contributed by atoms with Crippen LogP contribution in [0.2, 0.25) is 0 Å². The van der Waals surface area contributed by atoms with E-state index in [1.807, 2.05) is 18.2 Å². The van der Waals surface area contributed by atoms with Crippen LogP contribution in [-0.2, 0) is 12.8 Å². The second-order valence-corrected chi connectivity index (χ2v) is 8.67. The molecule has 150 valence electrons.